The number of nitrogens with zero attached hydrogens (tertiary/aromatic N) is 1. The molecule has 2 aromatic rings. The smallest absolute Gasteiger partial charge is 0.264 e. The Morgan fingerprint density at radius 2 is 1.75 bits per heavy atom. The third-order valence-corrected chi connectivity index (χ3v) is 4.66. The van der Waals surface area contributed by atoms with Crippen LogP contribution in [0.1, 0.15) is 41.8 Å². The fourth-order valence-corrected chi connectivity index (χ4v) is 3.25. The summed E-state index contributed by atoms with van der Waals surface area (Å²) < 4.78 is 0. The average molecular weight is 323 g/mol. The van der Waals surface area contributed by atoms with Gasteiger partial charge in [0.2, 0.25) is 0 Å². The molecule has 1 heterocycles. The number of rotatable bonds is 5. The van der Waals surface area contributed by atoms with E-state index < -0.39 is 11.5 Å². The van der Waals surface area contributed by atoms with Crippen molar-refractivity contribution in [1.29, 1.82) is 0 Å². The molecular formula is C20H21NO3. The van der Waals surface area contributed by atoms with Crippen LogP contribution in [-0.4, -0.2) is 23.3 Å². The van der Waals surface area contributed by atoms with E-state index in [0.717, 1.165) is 12.0 Å². The minimum absolute atomic E-state index is 0.235. The number of carbonyl (C=O) groups excluding carboxylic acids is 2. The molecule has 4 heteroatoms. The van der Waals surface area contributed by atoms with Gasteiger partial charge >= 0.3 is 0 Å². The number of hydrogen-bond donors (Lipinski definition) is 1. The van der Waals surface area contributed by atoms with E-state index in [4.69, 9.17) is 0 Å². The number of fused-ring (bicyclic) bond motifs is 1. The maximum Gasteiger partial charge on any atom is 0.264 e. The molecule has 2 aromatic carbocycles. The fraction of sp³-hybridized carbons (Fsp3) is 0.300. The molecule has 0 bridgehead atoms. The molecule has 1 aliphatic rings. The molecule has 4 nitrogen and oxygen atoms in total. The Bertz CT molecular complexity index is 782. The lowest BCUT2D eigenvalue weighted by molar-refractivity contribution is -0.135. The first kappa shape index (κ1) is 16.4. The van der Waals surface area contributed by atoms with Gasteiger partial charge in [0.1, 0.15) is 0 Å². The van der Waals surface area contributed by atoms with Crippen molar-refractivity contribution in [2.24, 2.45) is 0 Å². The van der Waals surface area contributed by atoms with Gasteiger partial charge in [-0.15, -0.1) is 0 Å². The van der Waals surface area contributed by atoms with Gasteiger partial charge in [-0.2, -0.15) is 0 Å². The van der Waals surface area contributed by atoms with Crippen molar-refractivity contribution >= 4 is 17.4 Å². The van der Waals surface area contributed by atoms with Gasteiger partial charge in [-0.1, -0.05) is 49.4 Å². The molecule has 1 unspecified atom stereocenters. The first-order chi connectivity index (χ1) is 11.5. The normalized spacial score (nSPS) is 19.5. The van der Waals surface area contributed by atoms with Crippen LogP contribution in [-0.2, 0) is 16.8 Å². The molecule has 1 aliphatic heterocycles. The van der Waals surface area contributed by atoms with Crippen molar-refractivity contribution in [3.63, 3.8) is 0 Å². The number of benzene rings is 2. The summed E-state index contributed by atoms with van der Waals surface area (Å²) in [6, 6.07) is 14.4. The van der Waals surface area contributed by atoms with E-state index in [1.807, 2.05) is 32.0 Å². The maximum atomic E-state index is 12.7. The molecule has 0 saturated carbocycles. The monoisotopic (exact) mass is 323 g/mol. The topological polar surface area (TPSA) is 57.6 Å². The lowest BCUT2D eigenvalue weighted by atomic mass is 9.88. The molecular weight excluding hydrogens is 302 g/mol. The Hall–Kier alpha value is -2.46. The predicted molar refractivity (Wildman–Crippen MR) is 93.1 cm³/mol. The number of aliphatic hydroxyl groups is 1. The van der Waals surface area contributed by atoms with E-state index in [1.165, 1.54) is 4.90 Å². The van der Waals surface area contributed by atoms with Crippen LogP contribution < -0.4 is 4.90 Å². The molecule has 24 heavy (non-hydrogen) atoms. The molecule has 1 amide bonds. The molecule has 3 rings (SSSR count). The first-order valence-corrected chi connectivity index (χ1v) is 8.27. The molecule has 0 radical (unpaired) electrons. The van der Waals surface area contributed by atoms with Gasteiger partial charge in [0, 0.05) is 17.7 Å². The molecule has 124 valence electrons. The van der Waals surface area contributed by atoms with Gasteiger partial charge in [0.15, 0.2) is 11.4 Å². The largest absolute Gasteiger partial charge is 0.375 e. The first-order valence-electron chi connectivity index (χ1n) is 8.27. The molecule has 0 aliphatic carbocycles. The van der Waals surface area contributed by atoms with Gasteiger partial charge < -0.3 is 10.0 Å². The Morgan fingerprint density at radius 3 is 2.38 bits per heavy atom. The highest BCUT2D eigenvalue weighted by molar-refractivity contribution is 6.10. The van der Waals surface area contributed by atoms with Crippen LogP contribution in [0.4, 0.5) is 5.69 Å². The molecule has 0 spiro atoms. The highest BCUT2D eigenvalue weighted by atomic mass is 16.3. The number of hydrogen-bond acceptors (Lipinski definition) is 3. The Labute approximate surface area is 141 Å². The van der Waals surface area contributed by atoms with Crippen LogP contribution in [0.15, 0.2) is 48.5 Å². The van der Waals surface area contributed by atoms with E-state index in [-0.39, 0.29) is 12.2 Å². The number of carbonyl (C=O) groups is 2. The second-order valence-corrected chi connectivity index (χ2v) is 6.08. The summed E-state index contributed by atoms with van der Waals surface area (Å²) in [5.41, 5.74) is 1.06. The number of likely N-dealkylation sites (N-methyl/N-ethyl adjacent to an activating group) is 1. The minimum Gasteiger partial charge on any atom is -0.375 e. The van der Waals surface area contributed by atoms with E-state index in [1.54, 1.807) is 30.3 Å². The highest BCUT2D eigenvalue weighted by Crippen LogP contribution is 2.42. The van der Waals surface area contributed by atoms with Crippen molar-refractivity contribution in [2.75, 3.05) is 11.4 Å². The standard InChI is InChI=1S/C20H21NO3/c1-3-14-9-11-15(12-10-14)18(22)13-20(24)16-7-5-6-8-17(16)21(4-2)19(20)23/h5-12,24H,3-4,13H2,1-2H3. The lowest BCUT2D eigenvalue weighted by Crippen LogP contribution is -2.41. The van der Waals surface area contributed by atoms with Crippen molar-refractivity contribution in [1.82, 2.24) is 0 Å². The Morgan fingerprint density at radius 1 is 1.08 bits per heavy atom. The van der Waals surface area contributed by atoms with E-state index in [0.29, 0.717) is 23.4 Å². The number of aryl methyl sites for hydroxylation is 1. The second kappa shape index (κ2) is 6.21. The second-order valence-electron chi connectivity index (χ2n) is 6.08. The minimum atomic E-state index is -1.78. The predicted octanol–water partition coefficient (Wildman–Crippen LogP) is 3.08. The summed E-state index contributed by atoms with van der Waals surface area (Å²) >= 11 is 0. The van der Waals surface area contributed by atoms with E-state index in [2.05, 4.69) is 0 Å². The van der Waals surface area contributed by atoms with Gasteiger partial charge in [0.25, 0.3) is 5.91 Å². The summed E-state index contributed by atoms with van der Waals surface area (Å²) in [5, 5.41) is 11.0. The van der Waals surface area contributed by atoms with Crippen molar-refractivity contribution in [3.05, 3.63) is 65.2 Å². The number of anilines is 1. The summed E-state index contributed by atoms with van der Waals surface area (Å²) in [7, 11) is 0. The third-order valence-electron chi connectivity index (χ3n) is 4.66. The number of amides is 1. The van der Waals surface area contributed by atoms with Crippen molar-refractivity contribution < 1.29 is 14.7 Å². The summed E-state index contributed by atoms with van der Waals surface area (Å²) in [4.78, 5) is 26.9. The quantitative estimate of drug-likeness (QED) is 0.860. The van der Waals surface area contributed by atoms with Gasteiger partial charge in [-0.25, -0.2) is 0 Å². The van der Waals surface area contributed by atoms with Crippen LogP contribution in [0.25, 0.3) is 0 Å². The van der Waals surface area contributed by atoms with Crippen molar-refractivity contribution in [3.8, 4) is 0 Å². The van der Waals surface area contributed by atoms with Gasteiger partial charge in [0.05, 0.1) is 12.1 Å². The van der Waals surface area contributed by atoms with Gasteiger partial charge in [-0.05, 0) is 25.0 Å². The zero-order valence-corrected chi connectivity index (χ0v) is 14.0. The highest BCUT2D eigenvalue weighted by Gasteiger charge is 2.50. The fourth-order valence-electron chi connectivity index (χ4n) is 3.25. The molecule has 1 N–H and O–H groups in total. The third kappa shape index (κ3) is 2.53. The molecule has 0 saturated heterocycles. The zero-order valence-electron chi connectivity index (χ0n) is 14.0. The van der Waals surface area contributed by atoms with E-state index >= 15 is 0 Å². The van der Waals surface area contributed by atoms with Crippen LogP contribution >= 0.6 is 0 Å². The Kier molecular flexibility index (Phi) is 4.24. The number of para-hydroxylation sites is 1. The summed E-state index contributed by atoms with van der Waals surface area (Å²) in [6.45, 7) is 4.36. The zero-order chi connectivity index (χ0) is 17.3. The lowest BCUT2D eigenvalue weighted by Gasteiger charge is -2.22. The van der Waals surface area contributed by atoms with Crippen LogP contribution in [0.3, 0.4) is 0 Å². The van der Waals surface area contributed by atoms with E-state index in [9.17, 15) is 14.7 Å². The van der Waals surface area contributed by atoms with Crippen LogP contribution in [0.5, 0.6) is 0 Å². The summed E-state index contributed by atoms with van der Waals surface area (Å²) in [5.74, 6) is -0.661. The van der Waals surface area contributed by atoms with Crippen molar-refractivity contribution in [2.45, 2.75) is 32.3 Å². The molecule has 0 aromatic heterocycles. The summed E-state index contributed by atoms with van der Waals surface area (Å²) in [6.07, 6.45) is 0.653. The SMILES string of the molecule is CCc1ccc(C(=O)CC2(O)C(=O)N(CC)c3ccccc32)cc1. The van der Waals surface area contributed by atoms with Crippen LogP contribution in [0.2, 0.25) is 0 Å². The number of ketones is 1. The maximum absolute atomic E-state index is 12.7. The average Bonchev–Trinajstić information content (AvgIpc) is 2.82. The molecule has 1 atom stereocenters. The molecule has 0 fully saturated rings. The Balaban J connectivity index is 1.93. The van der Waals surface area contributed by atoms with Crippen LogP contribution in [0, 0.1) is 0 Å². The van der Waals surface area contributed by atoms with Gasteiger partial charge in [-0.3, -0.25) is 9.59 Å². The number of Topliss-reactive ketones (excluding diaryl/α,β-unsaturated/α-hetero) is 1.